The van der Waals surface area contributed by atoms with Crippen LogP contribution in [0.3, 0.4) is 0 Å². The maximum atomic E-state index is 14.3. The van der Waals surface area contributed by atoms with Gasteiger partial charge in [0.2, 0.25) is 5.95 Å². The van der Waals surface area contributed by atoms with E-state index in [2.05, 4.69) is 25.5 Å². The lowest BCUT2D eigenvalue weighted by Gasteiger charge is -2.26. The molecule has 2 atom stereocenters. The van der Waals surface area contributed by atoms with Crippen molar-refractivity contribution >= 4 is 22.7 Å². The lowest BCUT2D eigenvalue weighted by atomic mass is 10.1. The Hall–Kier alpha value is -2.75. The molecule has 0 saturated carbocycles. The molecule has 2 aliphatic rings. The molecule has 1 saturated heterocycles. The number of alkyl halides is 1. The van der Waals surface area contributed by atoms with Crippen LogP contribution < -0.4 is 10.1 Å². The Balaban J connectivity index is 1.53. The first-order valence-electron chi connectivity index (χ1n) is 9.10. The van der Waals surface area contributed by atoms with Gasteiger partial charge in [0.1, 0.15) is 11.9 Å². The molecule has 0 aromatic carbocycles. The first kappa shape index (κ1) is 16.4. The summed E-state index contributed by atoms with van der Waals surface area (Å²) in [6.45, 7) is 3.71. The van der Waals surface area contributed by atoms with E-state index in [1.807, 2.05) is 11.6 Å². The summed E-state index contributed by atoms with van der Waals surface area (Å²) in [6, 6.07) is -0.364. The average Bonchev–Trinajstić information content (AvgIpc) is 3.19. The van der Waals surface area contributed by atoms with E-state index in [0.29, 0.717) is 43.7 Å². The third-order valence-electron chi connectivity index (χ3n) is 4.96. The van der Waals surface area contributed by atoms with Crippen LogP contribution in [0.1, 0.15) is 24.6 Å². The van der Waals surface area contributed by atoms with Gasteiger partial charge in [-0.05, 0) is 13.3 Å². The predicted octanol–water partition coefficient (Wildman–Crippen LogP) is 2.16. The van der Waals surface area contributed by atoms with Gasteiger partial charge >= 0.3 is 0 Å². The molecule has 3 aromatic rings. The van der Waals surface area contributed by atoms with Crippen molar-refractivity contribution in [2.45, 2.75) is 38.5 Å². The standard InChI is InChI=1S/C17H20FN7O2/c1-10-11-7-19-17-20-13-8-25(14-3-6-26-9-12(14)18)23-16(13)27-5-2-4-24(22-10)15(11)21-17/h7-8,12,14H,2-6,9H2,1H3,(H,19,20,21)/t12-,14-/m1/s1. The van der Waals surface area contributed by atoms with Crippen molar-refractivity contribution in [3.63, 3.8) is 0 Å². The Morgan fingerprint density at radius 1 is 1.30 bits per heavy atom. The highest BCUT2D eigenvalue weighted by Crippen LogP contribution is 2.31. The minimum Gasteiger partial charge on any atom is -0.475 e. The van der Waals surface area contributed by atoms with Crippen LogP contribution >= 0.6 is 0 Å². The number of fused-ring (bicyclic) bond motifs is 2. The maximum absolute atomic E-state index is 14.3. The molecule has 2 aliphatic heterocycles. The first-order valence-corrected chi connectivity index (χ1v) is 9.10. The van der Waals surface area contributed by atoms with Crippen molar-refractivity contribution < 1.29 is 13.9 Å². The van der Waals surface area contributed by atoms with Crippen molar-refractivity contribution in [2.75, 3.05) is 25.1 Å². The average molecular weight is 373 g/mol. The Morgan fingerprint density at radius 2 is 2.22 bits per heavy atom. The molecule has 2 bridgehead atoms. The molecule has 0 aliphatic carbocycles. The van der Waals surface area contributed by atoms with Crippen molar-refractivity contribution in [2.24, 2.45) is 0 Å². The van der Waals surface area contributed by atoms with E-state index in [-0.39, 0.29) is 12.6 Å². The number of aryl methyl sites for hydroxylation is 2. The van der Waals surface area contributed by atoms with E-state index >= 15 is 0 Å². The van der Waals surface area contributed by atoms with Crippen LogP contribution in [0.4, 0.5) is 16.0 Å². The summed E-state index contributed by atoms with van der Waals surface area (Å²) in [4.78, 5) is 8.99. The van der Waals surface area contributed by atoms with Gasteiger partial charge in [-0.1, -0.05) is 0 Å². The predicted molar refractivity (Wildman–Crippen MR) is 95.1 cm³/mol. The molecule has 142 valence electrons. The van der Waals surface area contributed by atoms with Crippen molar-refractivity contribution in [1.82, 2.24) is 29.5 Å². The molecule has 0 amide bonds. The van der Waals surface area contributed by atoms with Gasteiger partial charge in [-0.15, -0.1) is 5.10 Å². The van der Waals surface area contributed by atoms with Crippen molar-refractivity contribution in [3.05, 3.63) is 18.1 Å². The van der Waals surface area contributed by atoms with Gasteiger partial charge in [-0.3, -0.25) is 4.68 Å². The smallest absolute Gasteiger partial charge is 0.256 e. The van der Waals surface area contributed by atoms with Gasteiger partial charge in [0.25, 0.3) is 5.88 Å². The van der Waals surface area contributed by atoms with Crippen LogP contribution in [0, 0.1) is 6.92 Å². The topological polar surface area (TPSA) is 91.9 Å². The summed E-state index contributed by atoms with van der Waals surface area (Å²) in [5, 5.41) is 13.1. The summed E-state index contributed by atoms with van der Waals surface area (Å²) in [7, 11) is 0. The normalized spacial score (nSPS) is 22.7. The van der Waals surface area contributed by atoms with E-state index < -0.39 is 6.17 Å². The largest absolute Gasteiger partial charge is 0.475 e. The monoisotopic (exact) mass is 373 g/mol. The van der Waals surface area contributed by atoms with Gasteiger partial charge in [-0.2, -0.15) is 10.1 Å². The molecule has 5 rings (SSSR count). The number of rotatable bonds is 1. The number of anilines is 2. The zero-order valence-corrected chi connectivity index (χ0v) is 14.9. The molecule has 1 N–H and O–H groups in total. The SMILES string of the molecule is Cc1nn2c3nc(ncc13)Nc1cn([C@@H]3CCOC[C@H]3F)nc1OCCC2. The molecule has 27 heavy (non-hydrogen) atoms. The van der Waals surface area contributed by atoms with Crippen molar-refractivity contribution in [1.29, 1.82) is 0 Å². The zero-order valence-electron chi connectivity index (χ0n) is 14.9. The van der Waals surface area contributed by atoms with Gasteiger partial charge in [-0.25, -0.2) is 14.1 Å². The van der Waals surface area contributed by atoms with E-state index in [4.69, 9.17) is 9.47 Å². The second-order valence-electron chi connectivity index (χ2n) is 6.84. The molecule has 1 fully saturated rings. The van der Waals surface area contributed by atoms with Gasteiger partial charge in [0.15, 0.2) is 5.65 Å². The number of nitrogens with one attached hydrogen (secondary N) is 1. The summed E-state index contributed by atoms with van der Waals surface area (Å²) in [5.41, 5.74) is 2.31. The van der Waals surface area contributed by atoms with Gasteiger partial charge in [0, 0.05) is 25.8 Å². The van der Waals surface area contributed by atoms with E-state index in [1.54, 1.807) is 17.1 Å². The Morgan fingerprint density at radius 3 is 3.11 bits per heavy atom. The number of halogens is 1. The molecule has 9 nitrogen and oxygen atoms in total. The summed E-state index contributed by atoms with van der Waals surface area (Å²) >= 11 is 0. The fraction of sp³-hybridized carbons (Fsp3) is 0.529. The Labute approximate surface area is 154 Å². The van der Waals surface area contributed by atoms with Crippen LogP contribution in [0.2, 0.25) is 0 Å². The molecule has 5 heterocycles. The minimum atomic E-state index is -1.09. The number of hydrogen-bond donors (Lipinski definition) is 1. The Bertz CT molecular complexity index is 985. The maximum Gasteiger partial charge on any atom is 0.256 e. The third kappa shape index (κ3) is 2.89. The fourth-order valence-corrected chi connectivity index (χ4v) is 3.55. The van der Waals surface area contributed by atoms with E-state index in [9.17, 15) is 4.39 Å². The molecule has 0 radical (unpaired) electrons. The summed E-state index contributed by atoms with van der Waals surface area (Å²) < 4.78 is 28.8. The quantitative estimate of drug-likeness (QED) is 0.699. The second kappa shape index (κ2) is 6.45. The summed E-state index contributed by atoms with van der Waals surface area (Å²) in [5.74, 6) is 0.854. The molecular weight excluding hydrogens is 353 g/mol. The molecule has 0 unspecified atom stereocenters. The number of hydrogen-bond acceptors (Lipinski definition) is 7. The number of ether oxygens (including phenoxy) is 2. The lowest BCUT2D eigenvalue weighted by Crippen LogP contribution is -2.31. The van der Waals surface area contributed by atoms with Crippen LogP contribution in [0.5, 0.6) is 5.88 Å². The number of aromatic nitrogens is 6. The van der Waals surface area contributed by atoms with E-state index in [1.165, 1.54) is 0 Å². The van der Waals surface area contributed by atoms with Crippen molar-refractivity contribution in [3.8, 4) is 5.88 Å². The van der Waals surface area contributed by atoms with Crippen LogP contribution in [-0.2, 0) is 11.3 Å². The van der Waals surface area contributed by atoms with Crippen LogP contribution in [0.15, 0.2) is 12.4 Å². The molecule has 3 aromatic heterocycles. The first-order chi connectivity index (χ1) is 13.2. The molecule has 10 heteroatoms. The van der Waals surface area contributed by atoms with Crippen LogP contribution in [-0.4, -0.2) is 55.5 Å². The summed E-state index contributed by atoms with van der Waals surface area (Å²) in [6.07, 6.45) is 3.75. The Kier molecular flexibility index (Phi) is 3.92. The van der Waals surface area contributed by atoms with E-state index in [0.717, 1.165) is 23.1 Å². The van der Waals surface area contributed by atoms with Crippen LogP contribution in [0.25, 0.3) is 11.0 Å². The highest BCUT2D eigenvalue weighted by Gasteiger charge is 2.29. The molecule has 0 spiro atoms. The highest BCUT2D eigenvalue weighted by molar-refractivity contribution is 5.78. The zero-order chi connectivity index (χ0) is 18.4. The van der Waals surface area contributed by atoms with Gasteiger partial charge < -0.3 is 14.8 Å². The minimum absolute atomic E-state index is 0.0899. The second-order valence-corrected chi connectivity index (χ2v) is 6.84. The molecular formula is C17H20FN7O2. The number of nitrogens with zero attached hydrogens (tertiary/aromatic N) is 6. The van der Waals surface area contributed by atoms with Gasteiger partial charge in [0.05, 0.1) is 36.5 Å². The highest BCUT2D eigenvalue weighted by atomic mass is 19.1. The third-order valence-corrected chi connectivity index (χ3v) is 4.96. The fourth-order valence-electron chi connectivity index (χ4n) is 3.55. The lowest BCUT2D eigenvalue weighted by molar-refractivity contribution is -0.000436.